The van der Waals surface area contributed by atoms with Gasteiger partial charge >= 0.3 is 0 Å². The Hall–Kier alpha value is -4.28. The van der Waals surface area contributed by atoms with Crippen LogP contribution in [-0.4, -0.2) is 33.1 Å². The van der Waals surface area contributed by atoms with Crippen LogP contribution in [0.4, 0.5) is 5.69 Å². The molecule has 0 atom stereocenters. The van der Waals surface area contributed by atoms with Gasteiger partial charge in [-0.05, 0) is 47.9 Å². The highest BCUT2D eigenvalue weighted by molar-refractivity contribution is 7.89. The zero-order valence-corrected chi connectivity index (χ0v) is 20.5. The Morgan fingerprint density at radius 1 is 0.972 bits per heavy atom. The number of amides is 2. The smallest absolute Gasteiger partial charge is 0.261 e. The van der Waals surface area contributed by atoms with E-state index >= 15 is 0 Å². The predicted molar refractivity (Wildman–Crippen MR) is 139 cm³/mol. The summed E-state index contributed by atoms with van der Waals surface area (Å²) in [7, 11) is -2.28. The molecule has 4 rings (SSSR count). The molecular formula is C26H25N5O4S. The molecule has 0 spiro atoms. The Morgan fingerprint density at radius 2 is 1.64 bits per heavy atom. The fourth-order valence-electron chi connectivity index (χ4n) is 4.12. The number of allylic oxidation sites excluding steroid dienone is 1. The highest BCUT2D eigenvalue weighted by Gasteiger charge is 2.36. The number of hydrazone groups is 1. The molecule has 1 fully saturated rings. The summed E-state index contributed by atoms with van der Waals surface area (Å²) in [6.45, 7) is 1.79. The molecule has 184 valence electrons. The number of primary sulfonamides is 1. The van der Waals surface area contributed by atoms with Gasteiger partial charge in [-0.1, -0.05) is 48.5 Å². The van der Waals surface area contributed by atoms with Gasteiger partial charge in [0.2, 0.25) is 15.9 Å². The van der Waals surface area contributed by atoms with Crippen LogP contribution in [0.5, 0.6) is 0 Å². The third-order valence-corrected chi connectivity index (χ3v) is 6.91. The summed E-state index contributed by atoms with van der Waals surface area (Å²) >= 11 is 0. The highest BCUT2D eigenvalue weighted by atomic mass is 32.2. The lowest BCUT2D eigenvalue weighted by molar-refractivity contribution is -0.120. The van der Waals surface area contributed by atoms with Gasteiger partial charge in [0.25, 0.3) is 5.91 Å². The van der Waals surface area contributed by atoms with Crippen LogP contribution in [0.2, 0.25) is 0 Å². The normalized spacial score (nSPS) is 15.9. The maximum Gasteiger partial charge on any atom is 0.261 e. The minimum atomic E-state index is -3.92. The first-order chi connectivity index (χ1) is 17.1. The average molecular weight is 504 g/mol. The van der Waals surface area contributed by atoms with Crippen molar-refractivity contribution < 1.29 is 18.0 Å². The number of amidine groups is 1. The van der Waals surface area contributed by atoms with Crippen LogP contribution in [0.3, 0.4) is 0 Å². The quantitative estimate of drug-likeness (QED) is 0.155. The van der Waals surface area contributed by atoms with E-state index in [4.69, 9.17) is 10.9 Å². The minimum absolute atomic E-state index is 0.00505. The number of nitrogens with one attached hydrogen (secondary N) is 1. The number of imide groups is 1. The third kappa shape index (κ3) is 4.77. The van der Waals surface area contributed by atoms with Crippen LogP contribution in [0.25, 0.3) is 16.7 Å². The number of carbonyl (C=O) groups excluding carboxylic acids is 2. The topological polar surface area (TPSA) is 148 Å². The molecule has 2 amide bonds. The minimum Gasteiger partial charge on any atom is -0.382 e. The second-order valence-electron chi connectivity index (χ2n) is 8.20. The molecule has 36 heavy (non-hydrogen) atoms. The van der Waals surface area contributed by atoms with Crippen LogP contribution in [0.1, 0.15) is 24.5 Å². The number of nitrogens with two attached hydrogens (primary N) is 2. The number of anilines is 1. The molecule has 1 saturated heterocycles. The van der Waals surface area contributed by atoms with Crippen molar-refractivity contribution >= 4 is 38.9 Å². The molecule has 0 aromatic heterocycles. The lowest BCUT2D eigenvalue weighted by Gasteiger charge is -2.15. The Morgan fingerprint density at radius 3 is 2.31 bits per heavy atom. The first-order valence-electron chi connectivity index (χ1n) is 11.0. The zero-order chi connectivity index (χ0) is 26.0. The maximum absolute atomic E-state index is 13.3. The number of benzene rings is 3. The van der Waals surface area contributed by atoms with Crippen molar-refractivity contribution in [1.82, 2.24) is 5.43 Å². The average Bonchev–Trinajstić information content (AvgIpc) is 3.17. The van der Waals surface area contributed by atoms with Crippen LogP contribution in [0, 0.1) is 0 Å². The molecule has 1 aliphatic rings. The fraction of sp³-hybridized carbons (Fsp3) is 0.115. The van der Waals surface area contributed by atoms with Gasteiger partial charge in [-0.3, -0.25) is 9.59 Å². The van der Waals surface area contributed by atoms with Gasteiger partial charge < -0.3 is 11.2 Å². The Labute approximate surface area is 209 Å². The van der Waals surface area contributed by atoms with Gasteiger partial charge in [0, 0.05) is 23.7 Å². The summed E-state index contributed by atoms with van der Waals surface area (Å²) in [5.74, 6) is -0.450. The molecule has 3 aromatic carbocycles. The van der Waals surface area contributed by atoms with Crippen molar-refractivity contribution in [2.75, 3.05) is 11.9 Å². The summed E-state index contributed by atoms with van der Waals surface area (Å²) in [6.07, 6.45) is -0.0367. The van der Waals surface area contributed by atoms with E-state index in [1.54, 1.807) is 62.5 Å². The number of hydrogen-bond acceptors (Lipinski definition) is 6. The number of sulfonamides is 1. The summed E-state index contributed by atoms with van der Waals surface area (Å²) in [6, 6.07) is 20.2. The molecule has 3 aromatic rings. The van der Waals surface area contributed by atoms with Crippen molar-refractivity contribution in [3.05, 3.63) is 89.5 Å². The van der Waals surface area contributed by atoms with Crippen molar-refractivity contribution in [2.45, 2.75) is 18.2 Å². The summed E-state index contributed by atoms with van der Waals surface area (Å²) in [5.41, 5.74) is 12.5. The second-order valence-corrected chi connectivity index (χ2v) is 9.73. The van der Waals surface area contributed by atoms with E-state index in [2.05, 4.69) is 10.5 Å². The molecule has 10 heteroatoms. The molecule has 0 aliphatic carbocycles. The Kier molecular flexibility index (Phi) is 6.73. The van der Waals surface area contributed by atoms with E-state index in [1.807, 2.05) is 18.2 Å². The largest absolute Gasteiger partial charge is 0.382 e. The van der Waals surface area contributed by atoms with Gasteiger partial charge in [0.05, 0.1) is 17.0 Å². The molecule has 0 saturated carbocycles. The van der Waals surface area contributed by atoms with Crippen molar-refractivity contribution in [1.29, 1.82) is 0 Å². The Bertz CT molecular complexity index is 1530. The SMILES string of the molecule is CN/N=C(\N)c1cccc(/C(C)=C2/CC(=O)N(c3ccc(-c4ccccc4S(N)(=O)=O)cc3)C2=O)c1. The van der Waals surface area contributed by atoms with Crippen molar-refractivity contribution in [2.24, 2.45) is 16.0 Å². The molecule has 0 unspecified atom stereocenters. The first-order valence-corrected chi connectivity index (χ1v) is 12.6. The van der Waals surface area contributed by atoms with Gasteiger partial charge in [0.15, 0.2) is 5.84 Å². The van der Waals surface area contributed by atoms with Gasteiger partial charge in [-0.15, -0.1) is 0 Å². The van der Waals surface area contributed by atoms with Gasteiger partial charge in [0.1, 0.15) is 0 Å². The van der Waals surface area contributed by atoms with E-state index < -0.39 is 15.9 Å². The van der Waals surface area contributed by atoms with Crippen LogP contribution in [-0.2, 0) is 19.6 Å². The number of hydrogen-bond donors (Lipinski definition) is 3. The van der Waals surface area contributed by atoms with Crippen LogP contribution in [0.15, 0.2) is 88.4 Å². The molecule has 9 nitrogen and oxygen atoms in total. The molecule has 1 aliphatic heterocycles. The molecule has 0 radical (unpaired) electrons. The van der Waals surface area contributed by atoms with E-state index in [0.717, 1.165) is 10.5 Å². The number of nitrogens with zero attached hydrogens (tertiary/aromatic N) is 2. The first kappa shape index (κ1) is 24.8. The molecule has 1 heterocycles. The lowest BCUT2D eigenvalue weighted by Crippen LogP contribution is -2.29. The standard InChI is InChI=1S/C26H25N5O4S/c1-16(18-6-5-7-19(14-18)25(27)30-29-2)22-15-24(32)31(26(22)33)20-12-10-17(11-13-20)21-8-3-4-9-23(21)36(28,34)35/h3-14,29H,15H2,1-2H3,(H2,27,30)(H2,28,34,35)/b22-16-. The second kappa shape index (κ2) is 9.76. The zero-order valence-electron chi connectivity index (χ0n) is 19.7. The Balaban J connectivity index is 1.66. The predicted octanol–water partition coefficient (Wildman–Crippen LogP) is 2.58. The van der Waals surface area contributed by atoms with Crippen LogP contribution < -0.4 is 21.2 Å². The molecular weight excluding hydrogens is 478 g/mol. The fourth-order valence-corrected chi connectivity index (χ4v) is 4.88. The van der Waals surface area contributed by atoms with Crippen LogP contribution >= 0.6 is 0 Å². The van der Waals surface area contributed by atoms with Gasteiger partial charge in [-0.2, -0.15) is 5.10 Å². The number of rotatable bonds is 6. The van der Waals surface area contributed by atoms with E-state index in [1.165, 1.54) is 6.07 Å². The molecule has 0 bridgehead atoms. The lowest BCUT2D eigenvalue weighted by atomic mass is 9.98. The summed E-state index contributed by atoms with van der Waals surface area (Å²) < 4.78 is 23.9. The van der Waals surface area contributed by atoms with Gasteiger partial charge in [-0.25, -0.2) is 18.5 Å². The van der Waals surface area contributed by atoms with Crippen molar-refractivity contribution in [3.8, 4) is 11.1 Å². The van der Waals surface area contributed by atoms with E-state index in [0.29, 0.717) is 39.4 Å². The monoisotopic (exact) mass is 503 g/mol. The van der Waals surface area contributed by atoms with E-state index in [9.17, 15) is 18.0 Å². The number of carbonyl (C=O) groups is 2. The maximum atomic E-state index is 13.3. The van der Waals surface area contributed by atoms with E-state index in [-0.39, 0.29) is 17.2 Å². The summed E-state index contributed by atoms with van der Waals surface area (Å²) in [5, 5.41) is 9.32. The molecule has 5 N–H and O–H groups in total. The van der Waals surface area contributed by atoms with Crippen molar-refractivity contribution in [3.63, 3.8) is 0 Å². The highest BCUT2D eigenvalue weighted by Crippen LogP contribution is 2.33. The summed E-state index contributed by atoms with van der Waals surface area (Å²) in [4.78, 5) is 27.3. The third-order valence-electron chi connectivity index (χ3n) is 5.95.